The van der Waals surface area contributed by atoms with Gasteiger partial charge in [-0.1, -0.05) is 0 Å². The van der Waals surface area contributed by atoms with Gasteiger partial charge in [0, 0.05) is 0 Å². The van der Waals surface area contributed by atoms with Crippen molar-refractivity contribution in [2.75, 3.05) is 0 Å². The van der Waals surface area contributed by atoms with Gasteiger partial charge in [-0.3, -0.25) is 0 Å². The summed E-state index contributed by atoms with van der Waals surface area (Å²) in [7, 11) is 0. The molecule has 0 unspecified atom stereocenters. The van der Waals surface area contributed by atoms with Gasteiger partial charge >= 0.3 is 194 Å². The van der Waals surface area contributed by atoms with E-state index in [1.54, 1.807) is 6.07 Å². The molecule has 0 atom stereocenters. The number of halogens is 2. The van der Waals surface area contributed by atoms with Gasteiger partial charge in [0.05, 0.1) is 0 Å². The van der Waals surface area contributed by atoms with Gasteiger partial charge in [-0.05, 0) is 0 Å². The molecule has 0 heterocycles. The van der Waals surface area contributed by atoms with Crippen LogP contribution >= 0.6 is 36.7 Å². The molecular formula is C25H21Br2O2P. The van der Waals surface area contributed by atoms with Crippen LogP contribution in [-0.4, -0.2) is 10.2 Å². The van der Waals surface area contributed by atoms with Crippen LogP contribution in [0.1, 0.15) is 5.56 Å². The maximum atomic E-state index is 10.8. The third-order valence-electron chi connectivity index (χ3n) is 5.54. The average Bonchev–Trinajstić information content (AvgIpc) is 2.81. The molecule has 0 aliphatic carbocycles. The molecule has 4 aromatic rings. The number of rotatable bonds is 5. The second kappa shape index (κ2) is 8.19. The van der Waals surface area contributed by atoms with Crippen molar-refractivity contribution in [3.8, 4) is 11.5 Å². The van der Waals surface area contributed by atoms with E-state index in [4.69, 9.17) is 0 Å². The Balaban J connectivity index is 2.14. The fourth-order valence-corrected chi connectivity index (χ4v) is 12.3. The molecule has 2 N–H and O–H groups in total. The van der Waals surface area contributed by atoms with E-state index < -0.39 is 5.31 Å². The topological polar surface area (TPSA) is 40.5 Å². The molecular weight excluding hydrogens is 523 g/mol. The van der Waals surface area contributed by atoms with E-state index in [9.17, 15) is 10.2 Å². The molecule has 0 saturated carbocycles. The van der Waals surface area contributed by atoms with Crippen LogP contribution in [-0.2, 0) is 6.16 Å². The molecule has 0 aliphatic rings. The Bertz CT molecular complexity index is 1070. The Hall–Kier alpha value is -2.13. The van der Waals surface area contributed by atoms with E-state index in [0.29, 0.717) is 11.7 Å². The zero-order chi connectivity index (χ0) is 21.2. The number of phenols is 2. The van der Waals surface area contributed by atoms with E-state index in [0.717, 1.165) is 20.4 Å². The Labute approximate surface area is 193 Å². The van der Waals surface area contributed by atoms with Crippen LogP contribution in [0.5, 0.6) is 11.5 Å². The Morgan fingerprint density at radius 2 is 1.00 bits per heavy atom. The molecule has 2 nitrogen and oxygen atoms in total. The number of hydrogen-bond donors (Lipinski definition) is 2. The van der Waals surface area contributed by atoms with Crippen LogP contribution in [0.3, 0.4) is 0 Å². The Kier molecular flexibility index (Phi) is 5.76. The molecule has 0 aromatic heterocycles. The van der Waals surface area contributed by atoms with E-state index in [1.807, 2.05) is 54.6 Å². The van der Waals surface area contributed by atoms with Gasteiger partial charge in [0.1, 0.15) is 0 Å². The number of phenolic OH excluding ortho intramolecular Hbond substituents is 2. The number of benzene rings is 4. The second-order valence-corrected chi connectivity index (χ2v) is 17.0. The van der Waals surface area contributed by atoms with Crippen molar-refractivity contribution in [3.05, 3.63) is 113 Å². The predicted molar refractivity (Wildman–Crippen MR) is 135 cm³/mol. The van der Waals surface area contributed by atoms with Crippen LogP contribution in [0.15, 0.2) is 108 Å². The summed E-state index contributed by atoms with van der Waals surface area (Å²) in [5.74, 6) is -0.222. The molecule has 0 saturated heterocycles. The van der Waals surface area contributed by atoms with Crippen molar-refractivity contribution >= 4 is 52.6 Å². The summed E-state index contributed by atoms with van der Waals surface area (Å²) in [5, 5.41) is 21.2. The number of hydrogen-bond acceptors (Lipinski definition) is 2. The van der Waals surface area contributed by atoms with E-state index in [-0.39, 0.29) is 11.5 Å². The zero-order valence-electron chi connectivity index (χ0n) is 16.1. The van der Waals surface area contributed by atoms with Crippen molar-refractivity contribution in [1.82, 2.24) is 0 Å². The van der Waals surface area contributed by atoms with Gasteiger partial charge in [0.15, 0.2) is 0 Å². The minimum atomic E-state index is -3.26. The summed E-state index contributed by atoms with van der Waals surface area (Å²) < 4.78 is 0.758. The van der Waals surface area contributed by atoms with Crippen molar-refractivity contribution < 1.29 is 10.2 Å². The normalized spacial score (nSPS) is 12.8. The summed E-state index contributed by atoms with van der Waals surface area (Å²) in [6.45, 7) is 0. The first-order valence-electron chi connectivity index (χ1n) is 9.54. The molecule has 0 radical (unpaired) electrons. The predicted octanol–water partition coefficient (Wildman–Crippen LogP) is 6.20. The summed E-state index contributed by atoms with van der Waals surface area (Å²) in [6.07, 6.45) is 0.491. The Morgan fingerprint density at radius 1 is 0.600 bits per heavy atom. The van der Waals surface area contributed by atoms with Gasteiger partial charge in [-0.2, -0.15) is 0 Å². The third kappa shape index (κ3) is 3.37. The summed E-state index contributed by atoms with van der Waals surface area (Å²) >= 11 is 7.97. The van der Waals surface area contributed by atoms with Crippen LogP contribution in [0, 0.1) is 0 Å². The molecule has 0 aliphatic heterocycles. The van der Waals surface area contributed by atoms with E-state index >= 15 is 0 Å². The van der Waals surface area contributed by atoms with Crippen LogP contribution in [0.4, 0.5) is 0 Å². The van der Waals surface area contributed by atoms with Crippen molar-refractivity contribution in [1.29, 1.82) is 0 Å². The SMILES string of the molecule is Oc1ccc(Br)c(CP(Br)(c2ccccc2)(c2ccccc2)c2ccccc2)c1O. The second-order valence-electron chi connectivity index (χ2n) is 7.24. The van der Waals surface area contributed by atoms with Crippen LogP contribution in [0.2, 0.25) is 0 Å². The van der Waals surface area contributed by atoms with Crippen molar-refractivity contribution in [2.24, 2.45) is 0 Å². The van der Waals surface area contributed by atoms with E-state index in [1.165, 1.54) is 6.07 Å². The molecule has 30 heavy (non-hydrogen) atoms. The monoisotopic (exact) mass is 542 g/mol. The first-order valence-corrected chi connectivity index (χ1v) is 14.8. The fourth-order valence-electron chi connectivity index (χ4n) is 3.98. The average molecular weight is 544 g/mol. The summed E-state index contributed by atoms with van der Waals surface area (Å²) in [5.41, 5.74) is 0.668. The van der Waals surface area contributed by atoms with Crippen molar-refractivity contribution in [2.45, 2.75) is 6.16 Å². The van der Waals surface area contributed by atoms with Crippen molar-refractivity contribution in [3.63, 3.8) is 0 Å². The molecule has 4 aromatic carbocycles. The minimum absolute atomic E-state index is 0.0966. The molecule has 152 valence electrons. The fraction of sp³-hybridized carbons (Fsp3) is 0.0400. The molecule has 0 spiro atoms. The standard InChI is InChI=1S/C25H21Br2O2P/c26-23-16-17-24(28)25(29)22(23)18-30(27,19-10-4-1-5-11-19,20-12-6-2-7-13-20)21-14-8-3-9-15-21/h1-17,28-29H,18H2. The first kappa shape index (κ1) is 21.1. The maximum absolute atomic E-state index is 10.8. The summed E-state index contributed by atoms with van der Waals surface area (Å²) in [6, 6.07) is 34.4. The van der Waals surface area contributed by atoms with Gasteiger partial charge in [0.2, 0.25) is 0 Å². The molecule has 0 bridgehead atoms. The van der Waals surface area contributed by atoms with Gasteiger partial charge in [0.25, 0.3) is 0 Å². The quantitative estimate of drug-likeness (QED) is 0.232. The zero-order valence-corrected chi connectivity index (χ0v) is 20.2. The molecule has 5 heteroatoms. The molecule has 4 rings (SSSR count). The van der Waals surface area contributed by atoms with Crippen LogP contribution < -0.4 is 15.9 Å². The van der Waals surface area contributed by atoms with Gasteiger partial charge < -0.3 is 0 Å². The first-order chi connectivity index (χ1) is 14.4. The summed E-state index contributed by atoms with van der Waals surface area (Å²) in [4.78, 5) is 0. The van der Waals surface area contributed by atoms with Gasteiger partial charge in [-0.25, -0.2) is 0 Å². The van der Waals surface area contributed by atoms with Gasteiger partial charge in [-0.15, -0.1) is 0 Å². The third-order valence-corrected chi connectivity index (χ3v) is 15.8. The van der Waals surface area contributed by atoms with E-state index in [2.05, 4.69) is 67.8 Å². The number of aromatic hydroxyl groups is 2. The Morgan fingerprint density at radius 3 is 1.40 bits per heavy atom. The molecule has 0 amide bonds. The molecule has 0 fully saturated rings. The van der Waals surface area contributed by atoms with Crippen LogP contribution in [0.25, 0.3) is 0 Å².